The summed E-state index contributed by atoms with van der Waals surface area (Å²) in [5.74, 6) is 1.55. The molecule has 1 aliphatic rings. The fourth-order valence-corrected chi connectivity index (χ4v) is 2.31. The third kappa shape index (κ3) is 3.37. The van der Waals surface area contributed by atoms with Gasteiger partial charge >= 0.3 is 0 Å². The van der Waals surface area contributed by atoms with Gasteiger partial charge in [0.15, 0.2) is 0 Å². The second-order valence-electron chi connectivity index (χ2n) is 4.14. The highest BCUT2D eigenvalue weighted by Crippen LogP contribution is 2.29. The van der Waals surface area contributed by atoms with Gasteiger partial charge in [0.2, 0.25) is 0 Å². The third-order valence-electron chi connectivity index (χ3n) is 2.98. The molecular formula is C11H22N2. The number of nitrogens with zero attached hydrogens (tertiary/aromatic N) is 1. The van der Waals surface area contributed by atoms with Crippen molar-refractivity contribution < 1.29 is 0 Å². The van der Waals surface area contributed by atoms with Gasteiger partial charge < -0.3 is 5.73 Å². The Kier molecular flexibility index (Phi) is 4.26. The van der Waals surface area contributed by atoms with E-state index in [4.69, 9.17) is 5.73 Å². The van der Waals surface area contributed by atoms with Gasteiger partial charge in [-0.2, -0.15) is 0 Å². The molecule has 1 aliphatic carbocycles. The molecule has 1 atom stereocenters. The third-order valence-corrected chi connectivity index (χ3v) is 2.98. The number of amidine groups is 1. The summed E-state index contributed by atoms with van der Waals surface area (Å²) in [7, 11) is 0. The summed E-state index contributed by atoms with van der Waals surface area (Å²) in [6.45, 7) is 4.11. The minimum absolute atomic E-state index is 0.491. The highest BCUT2D eigenvalue weighted by Gasteiger charge is 2.21. The summed E-state index contributed by atoms with van der Waals surface area (Å²) in [6, 6.07) is 0.491. The van der Waals surface area contributed by atoms with Crippen LogP contribution < -0.4 is 5.73 Å². The molecule has 2 heteroatoms. The van der Waals surface area contributed by atoms with Crippen molar-refractivity contribution in [1.29, 1.82) is 0 Å². The van der Waals surface area contributed by atoms with Crippen LogP contribution in [-0.4, -0.2) is 11.9 Å². The van der Waals surface area contributed by atoms with Gasteiger partial charge in [-0.15, -0.1) is 0 Å². The number of aliphatic imine (C=N–C) groups is 1. The Morgan fingerprint density at radius 2 is 2.00 bits per heavy atom. The Morgan fingerprint density at radius 3 is 2.46 bits per heavy atom. The Bertz CT molecular complexity index is 165. The summed E-state index contributed by atoms with van der Waals surface area (Å²) < 4.78 is 0. The van der Waals surface area contributed by atoms with Crippen molar-refractivity contribution in [1.82, 2.24) is 0 Å². The molecule has 0 aromatic heterocycles. The lowest BCUT2D eigenvalue weighted by atomic mass is 9.83. The monoisotopic (exact) mass is 182 g/mol. The van der Waals surface area contributed by atoms with Crippen LogP contribution in [0.3, 0.4) is 0 Å². The van der Waals surface area contributed by atoms with E-state index in [1.807, 2.05) is 6.92 Å². The van der Waals surface area contributed by atoms with Crippen LogP contribution in [0.2, 0.25) is 0 Å². The van der Waals surface area contributed by atoms with Gasteiger partial charge in [0.25, 0.3) is 0 Å². The van der Waals surface area contributed by atoms with Crippen LogP contribution in [0.25, 0.3) is 0 Å². The summed E-state index contributed by atoms with van der Waals surface area (Å²) >= 11 is 0. The van der Waals surface area contributed by atoms with Crippen LogP contribution >= 0.6 is 0 Å². The average Bonchev–Trinajstić information content (AvgIpc) is 2.15. The van der Waals surface area contributed by atoms with E-state index in [1.165, 1.54) is 32.1 Å². The van der Waals surface area contributed by atoms with Crippen molar-refractivity contribution >= 4 is 5.84 Å². The Labute approximate surface area is 81.6 Å². The van der Waals surface area contributed by atoms with E-state index in [1.54, 1.807) is 0 Å². The fraction of sp³-hybridized carbons (Fsp3) is 0.909. The van der Waals surface area contributed by atoms with E-state index < -0.39 is 0 Å². The predicted molar refractivity (Wildman–Crippen MR) is 58.0 cm³/mol. The maximum Gasteiger partial charge on any atom is 0.0909 e. The van der Waals surface area contributed by atoms with Gasteiger partial charge in [0, 0.05) is 0 Å². The Balaban J connectivity index is 2.49. The Morgan fingerprint density at radius 1 is 1.38 bits per heavy atom. The quantitative estimate of drug-likeness (QED) is 0.529. The van der Waals surface area contributed by atoms with E-state index in [2.05, 4.69) is 11.9 Å². The predicted octanol–water partition coefficient (Wildman–Crippen LogP) is 2.72. The summed E-state index contributed by atoms with van der Waals surface area (Å²) in [6.07, 6.45) is 8.04. The first-order valence-corrected chi connectivity index (χ1v) is 5.54. The molecule has 1 rings (SSSR count). The molecule has 0 radical (unpaired) electrons. The fourth-order valence-electron chi connectivity index (χ4n) is 2.31. The zero-order valence-corrected chi connectivity index (χ0v) is 8.92. The molecule has 13 heavy (non-hydrogen) atoms. The Hall–Kier alpha value is -0.530. The molecule has 2 N–H and O–H groups in total. The largest absolute Gasteiger partial charge is 0.388 e. The first-order chi connectivity index (χ1) is 6.24. The maximum absolute atomic E-state index is 5.63. The number of hydrogen-bond acceptors (Lipinski definition) is 1. The molecule has 0 aromatic carbocycles. The van der Waals surface area contributed by atoms with Crippen LogP contribution in [0.15, 0.2) is 4.99 Å². The summed E-state index contributed by atoms with van der Waals surface area (Å²) in [4.78, 5) is 4.51. The zero-order chi connectivity index (χ0) is 9.68. The molecule has 1 fully saturated rings. The normalized spacial score (nSPS) is 23.1. The summed E-state index contributed by atoms with van der Waals surface area (Å²) in [5.41, 5.74) is 5.63. The lowest BCUT2D eigenvalue weighted by Gasteiger charge is -2.26. The first kappa shape index (κ1) is 10.6. The molecular weight excluding hydrogens is 160 g/mol. The van der Waals surface area contributed by atoms with E-state index in [0.717, 1.165) is 18.2 Å². The highest BCUT2D eigenvalue weighted by atomic mass is 14.9. The van der Waals surface area contributed by atoms with E-state index in [9.17, 15) is 0 Å². The van der Waals surface area contributed by atoms with Crippen molar-refractivity contribution in [2.75, 3.05) is 0 Å². The van der Waals surface area contributed by atoms with Gasteiger partial charge in [0.05, 0.1) is 11.9 Å². The van der Waals surface area contributed by atoms with E-state index in [-0.39, 0.29) is 0 Å². The van der Waals surface area contributed by atoms with Gasteiger partial charge in [-0.1, -0.05) is 26.2 Å². The molecule has 2 nitrogen and oxygen atoms in total. The minimum Gasteiger partial charge on any atom is -0.388 e. The topological polar surface area (TPSA) is 38.4 Å². The standard InChI is InChI=1S/C11H22N2/c1-3-11(13-9(2)12)10-7-5-4-6-8-10/h10-11H,3-8H2,1-2H3,(H2,12,13). The SMILES string of the molecule is CCC(N=C(C)N)C1CCCCC1. The van der Waals surface area contributed by atoms with Crippen molar-refractivity contribution in [2.45, 2.75) is 58.4 Å². The van der Waals surface area contributed by atoms with E-state index in [0.29, 0.717) is 6.04 Å². The van der Waals surface area contributed by atoms with E-state index >= 15 is 0 Å². The van der Waals surface area contributed by atoms with Crippen molar-refractivity contribution in [3.8, 4) is 0 Å². The first-order valence-electron chi connectivity index (χ1n) is 5.54. The maximum atomic E-state index is 5.63. The number of nitrogens with two attached hydrogens (primary N) is 1. The number of hydrogen-bond donors (Lipinski definition) is 1. The van der Waals surface area contributed by atoms with Crippen molar-refractivity contribution in [2.24, 2.45) is 16.6 Å². The van der Waals surface area contributed by atoms with Gasteiger partial charge in [0.1, 0.15) is 0 Å². The second-order valence-corrected chi connectivity index (χ2v) is 4.14. The van der Waals surface area contributed by atoms with Gasteiger partial charge in [-0.25, -0.2) is 0 Å². The average molecular weight is 182 g/mol. The van der Waals surface area contributed by atoms with Crippen LogP contribution in [0, 0.1) is 5.92 Å². The number of rotatable bonds is 3. The minimum atomic E-state index is 0.491. The summed E-state index contributed by atoms with van der Waals surface area (Å²) in [5, 5.41) is 0. The molecule has 0 amide bonds. The van der Waals surface area contributed by atoms with Crippen LogP contribution in [-0.2, 0) is 0 Å². The molecule has 0 aliphatic heterocycles. The molecule has 76 valence electrons. The molecule has 0 saturated heterocycles. The van der Waals surface area contributed by atoms with Gasteiger partial charge in [-0.05, 0) is 32.1 Å². The second kappa shape index (κ2) is 5.25. The smallest absolute Gasteiger partial charge is 0.0909 e. The molecule has 0 heterocycles. The van der Waals surface area contributed by atoms with Crippen LogP contribution in [0.4, 0.5) is 0 Å². The van der Waals surface area contributed by atoms with Crippen LogP contribution in [0.5, 0.6) is 0 Å². The van der Waals surface area contributed by atoms with Crippen LogP contribution in [0.1, 0.15) is 52.4 Å². The molecule has 1 unspecified atom stereocenters. The van der Waals surface area contributed by atoms with Crippen molar-refractivity contribution in [3.05, 3.63) is 0 Å². The van der Waals surface area contributed by atoms with Gasteiger partial charge in [-0.3, -0.25) is 4.99 Å². The lowest BCUT2D eigenvalue weighted by Crippen LogP contribution is -2.23. The molecule has 0 aromatic rings. The van der Waals surface area contributed by atoms with Crippen molar-refractivity contribution in [3.63, 3.8) is 0 Å². The zero-order valence-electron chi connectivity index (χ0n) is 8.92. The molecule has 1 saturated carbocycles. The highest BCUT2D eigenvalue weighted by molar-refractivity contribution is 5.77. The molecule has 0 spiro atoms. The molecule has 0 bridgehead atoms. The lowest BCUT2D eigenvalue weighted by molar-refractivity contribution is 0.301.